The number of hydrogen-bond acceptors (Lipinski definition) is 5. The Morgan fingerprint density at radius 2 is 2.16 bits per heavy atom. The zero-order valence-electron chi connectivity index (χ0n) is 10.9. The molecular formula is C14H17N3OS. The molecule has 0 atom stereocenters. The molecule has 0 aliphatic heterocycles. The maximum absolute atomic E-state index is 5.34. The van der Waals surface area contributed by atoms with E-state index in [-0.39, 0.29) is 0 Å². The number of aromatic nitrogens is 2. The van der Waals surface area contributed by atoms with E-state index in [1.54, 1.807) is 18.4 Å². The summed E-state index contributed by atoms with van der Waals surface area (Å²) in [7, 11) is 1.71. The minimum absolute atomic E-state index is 0.683. The first-order valence-corrected chi connectivity index (χ1v) is 7.37. The van der Waals surface area contributed by atoms with Crippen molar-refractivity contribution in [2.24, 2.45) is 0 Å². The van der Waals surface area contributed by atoms with Gasteiger partial charge < -0.3 is 10.1 Å². The van der Waals surface area contributed by atoms with Gasteiger partial charge in [0.1, 0.15) is 10.8 Å². The van der Waals surface area contributed by atoms with Gasteiger partial charge in [-0.15, -0.1) is 10.2 Å². The number of para-hydroxylation sites is 1. The number of nitrogens with one attached hydrogen (secondary N) is 1. The summed E-state index contributed by atoms with van der Waals surface area (Å²) in [6.07, 6.45) is 3.47. The van der Waals surface area contributed by atoms with Gasteiger partial charge in [0.2, 0.25) is 5.13 Å². The van der Waals surface area contributed by atoms with Gasteiger partial charge in [0.15, 0.2) is 0 Å². The Morgan fingerprint density at radius 1 is 1.32 bits per heavy atom. The molecule has 2 aromatic rings. The van der Waals surface area contributed by atoms with Crippen molar-refractivity contribution in [2.45, 2.75) is 25.2 Å². The second kappa shape index (κ2) is 5.57. The Hall–Kier alpha value is -1.62. The summed E-state index contributed by atoms with van der Waals surface area (Å²) in [6, 6.07) is 8.11. The minimum atomic E-state index is 0.683. The summed E-state index contributed by atoms with van der Waals surface area (Å²) in [5.74, 6) is 1.63. The van der Waals surface area contributed by atoms with Crippen LogP contribution in [0.25, 0.3) is 0 Å². The standard InChI is InChI=1S/C14H17N3OS/c1-18-12-5-3-2-4-10(12)8-9-15-14-17-16-13(19-14)11-6-7-11/h2-5,11H,6-9H2,1H3,(H,15,17). The third-order valence-electron chi connectivity index (χ3n) is 3.23. The van der Waals surface area contributed by atoms with E-state index in [4.69, 9.17) is 4.74 Å². The van der Waals surface area contributed by atoms with E-state index in [1.165, 1.54) is 23.4 Å². The Morgan fingerprint density at radius 3 is 2.95 bits per heavy atom. The van der Waals surface area contributed by atoms with Crippen LogP contribution in [0.1, 0.15) is 29.3 Å². The van der Waals surface area contributed by atoms with E-state index in [2.05, 4.69) is 21.6 Å². The first-order valence-electron chi connectivity index (χ1n) is 6.56. The summed E-state index contributed by atoms with van der Waals surface area (Å²) < 4.78 is 5.34. The predicted octanol–water partition coefficient (Wildman–Crippen LogP) is 3.08. The van der Waals surface area contributed by atoms with E-state index in [0.717, 1.165) is 23.8 Å². The molecule has 0 radical (unpaired) electrons. The van der Waals surface area contributed by atoms with Gasteiger partial charge in [0.05, 0.1) is 7.11 Å². The lowest BCUT2D eigenvalue weighted by atomic mass is 10.1. The smallest absolute Gasteiger partial charge is 0.205 e. The molecule has 100 valence electrons. The highest BCUT2D eigenvalue weighted by Crippen LogP contribution is 2.41. The molecule has 1 fully saturated rings. The van der Waals surface area contributed by atoms with Crippen molar-refractivity contribution in [3.05, 3.63) is 34.8 Å². The topological polar surface area (TPSA) is 47.0 Å². The van der Waals surface area contributed by atoms with Crippen LogP contribution in [0.2, 0.25) is 0 Å². The molecule has 1 saturated carbocycles. The van der Waals surface area contributed by atoms with Crippen molar-refractivity contribution in [1.82, 2.24) is 10.2 Å². The number of ether oxygens (including phenoxy) is 1. The fourth-order valence-electron chi connectivity index (χ4n) is 2.01. The van der Waals surface area contributed by atoms with E-state index in [9.17, 15) is 0 Å². The highest BCUT2D eigenvalue weighted by Gasteiger charge is 2.27. The second-order valence-electron chi connectivity index (χ2n) is 4.71. The molecule has 1 aromatic heterocycles. The van der Waals surface area contributed by atoms with Gasteiger partial charge in [-0.1, -0.05) is 29.5 Å². The SMILES string of the molecule is COc1ccccc1CCNc1nnc(C2CC2)s1. The number of benzene rings is 1. The monoisotopic (exact) mass is 275 g/mol. The molecule has 1 N–H and O–H groups in total. The van der Waals surface area contributed by atoms with Crippen molar-refractivity contribution in [1.29, 1.82) is 0 Å². The summed E-state index contributed by atoms with van der Waals surface area (Å²) in [6.45, 7) is 0.847. The molecule has 5 heteroatoms. The average molecular weight is 275 g/mol. The van der Waals surface area contributed by atoms with Crippen LogP contribution in [0.3, 0.4) is 0 Å². The number of hydrogen-bond donors (Lipinski definition) is 1. The average Bonchev–Trinajstić information content (AvgIpc) is 3.19. The van der Waals surface area contributed by atoms with Crippen molar-refractivity contribution < 1.29 is 4.74 Å². The van der Waals surface area contributed by atoms with Crippen LogP contribution in [-0.2, 0) is 6.42 Å². The number of nitrogens with zero attached hydrogens (tertiary/aromatic N) is 2. The van der Waals surface area contributed by atoms with E-state index in [0.29, 0.717) is 5.92 Å². The van der Waals surface area contributed by atoms with Gasteiger partial charge in [-0.3, -0.25) is 0 Å². The molecule has 0 saturated heterocycles. The number of rotatable bonds is 6. The van der Waals surface area contributed by atoms with Crippen LogP contribution in [0, 0.1) is 0 Å². The van der Waals surface area contributed by atoms with Crippen molar-refractivity contribution in [3.63, 3.8) is 0 Å². The number of anilines is 1. The summed E-state index contributed by atoms with van der Waals surface area (Å²) in [4.78, 5) is 0. The molecule has 3 rings (SSSR count). The maximum Gasteiger partial charge on any atom is 0.205 e. The highest BCUT2D eigenvalue weighted by atomic mass is 32.1. The summed E-state index contributed by atoms with van der Waals surface area (Å²) in [5, 5.41) is 13.8. The van der Waals surface area contributed by atoms with Crippen LogP contribution in [0.4, 0.5) is 5.13 Å². The molecular weight excluding hydrogens is 258 g/mol. The largest absolute Gasteiger partial charge is 0.496 e. The van der Waals surface area contributed by atoms with E-state index < -0.39 is 0 Å². The van der Waals surface area contributed by atoms with E-state index >= 15 is 0 Å². The molecule has 0 unspecified atom stereocenters. The van der Waals surface area contributed by atoms with Gasteiger partial charge in [0.25, 0.3) is 0 Å². The van der Waals surface area contributed by atoms with Crippen LogP contribution >= 0.6 is 11.3 Å². The number of methoxy groups -OCH3 is 1. The molecule has 0 amide bonds. The van der Waals surface area contributed by atoms with Crippen LogP contribution in [-0.4, -0.2) is 23.9 Å². The van der Waals surface area contributed by atoms with Gasteiger partial charge in [0, 0.05) is 12.5 Å². The zero-order chi connectivity index (χ0) is 13.1. The highest BCUT2D eigenvalue weighted by molar-refractivity contribution is 7.15. The second-order valence-corrected chi connectivity index (χ2v) is 5.72. The Bertz CT molecular complexity index is 551. The van der Waals surface area contributed by atoms with Gasteiger partial charge >= 0.3 is 0 Å². The maximum atomic E-state index is 5.34. The lowest BCUT2D eigenvalue weighted by Gasteiger charge is -2.07. The molecule has 1 aromatic carbocycles. The summed E-state index contributed by atoms with van der Waals surface area (Å²) in [5.41, 5.74) is 1.21. The third-order valence-corrected chi connectivity index (χ3v) is 4.27. The predicted molar refractivity (Wildman–Crippen MR) is 77.1 cm³/mol. The Kier molecular flexibility index (Phi) is 3.64. The Labute approximate surface area is 116 Å². The van der Waals surface area contributed by atoms with Crippen LogP contribution in [0.5, 0.6) is 5.75 Å². The van der Waals surface area contributed by atoms with Crippen LogP contribution in [0.15, 0.2) is 24.3 Å². The zero-order valence-corrected chi connectivity index (χ0v) is 11.7. The Balaban J connectivity index is 1.54. The third kappa shape index (κ3) is 3.04. The summed E-state index contributed by atoms with van der Waals surface area (Å²) >= 11 is 1.68. The van der Waals surface area contributed by atoms with Gasteiger partial charge in [-0.25, -0.2) is 0 Å². The molecule has 1 heterocycles. The fourth-order valence-corrected chi connectivity index (χ4v) is 2.95. The van der Waals surface area contributed by atoms with Gasteiger partial charge in [-0.05, 0) is 30.9 Å². The normalized spacial score (nSPS) is 14.4. The fraction of sp³-hybridized carbons (Fsp3) is 0.429. The molecule has 0 bridgehead atoms. The molecule has 1 aliphatic rings. The van der Waals surface area contributed by atoms with Crippen LogP contribution < -0.4 is 10.1 Å². The quantitative estimate of drug-likeness (QED) is 0.880. The molecule has 0 spiro atoms. The minimum Gasteiger partial charge on any atom is -0.496 e. The van der Waals surface area contributed by atoms with E-state index in [1.807, 2.05) is 18.2 Å². The lowest BCUT2D eigenvalue weighted by molar-refractivity contribution is 0.410. The lowest BCUT2D eigenvalue weighted by Crippen LogP contribution is -2.05. The van der Waals surface area contributed by atoms with Crippen molar-refractivity contribution >= 4 is 16.5 Å². The van der Waals surface area contributed by atoms with Gasteiger partial charge in [-0.2, -0.15) is 0 Å². The molecule has 1 aliphatic carbocycles. The molecule has 19 heavy (non-hydrogen) atoms. The molecule has 4 nitrogen and oxygen atoms in total. The van der Waals surface area contributed by atoms with Crippen molar-refractivity contribution in [3.8, 4) is 5.75 Å². The first-order chi connectivity index (χ1) is 9.36. The first kappa shape index (κ1) is 12.4. The van der Waals surface area contributed by atoms with Crippen molar-refractivity contribution in [2.75, 3.05) is 19.0 Å².